The Kier molecular flexibility index (Phi) is 8.31. The van der Waals surface area contributed by atoms with Crippen molar-refractivity contribution in [2.24, 2.45) is 0 Å². The van der Waals surface area contributed by atoms with Crippen molar-refractivity contribution >= 4 is 35.1 Å². The van der Waals surface area contributed by atoms with Crippen LogP contribution >= 0.6 is 23.5 Å². The molecule has 0 saturated heterocycles. The summed E-state index contributed by atoms with van der Waals surface area (Å²) in [5, 5.41) is 13.4. The molecule has 168 valence electrons. The second-order valence-electron chi connectivity index (χ2n) is 7.41. The molecule has 1 amide bonds. The highest BCUT2D eigenvalue weighted by molar-refractivity contribution is 8.00. The lowest BCUT2D eigenvalue weighted by molar-refractivity contribution is -0.120. The van der Waals surface area contributed by atoms with Crippen LogP contribution in [0.4, 0.5) is 5.69 Å². The molecule has 0 bridgehead atoms. The Morgan fingerprint density at radius 3 is 2.59 bits per heavy atom. The van der Waals surface area contributed by atoms with Crippen molar-refractivity contribution in [3.8, 4) is 11.5 Å². The minimum absolute atomic E-state index is 0.00713. The highest BCUT2D eigenvalue weighted by Gasteiger charge is 2.21. The van der Waals surface area contributed by atoms with Crippen LogP contribution in [-0.4, -0.2) is 25.2 Å². The lowest BCUT2D eigenvalue weighted by Crippen LogP contribution is -2.18. The Morgan fingerprint density at radius 1 is 1.12 bits per heavy atom. The highest BCUT2D eigenvalue weighted by atomic mass is 35.5. The number of aryl methyl sites for hydroxylation is 1. The number of aromatic hydroxyl groups is 1. The number of phenolic OH excluding ortho intramolecular Hbond substituents is 1. The summed E-state index contributed by atoms with van der Waals surface area (Å²) in [6.45, 7) is 2.05. The Bertz CT molecular complexity index is 1090. The van der Waals surface area contributed by atoms with E-state index in [0.717, 1.165) is 27.3 Å². The standard InChI is InChI=1S/C25H27ClN2O3S/c1-16-8-11-22(28-32-17-9-12-24(31-3)23(29)15-17)20(14-16)18(10-13-25(30)27-2)19-6-4-5-7-21(19)26/h4-9,11-12,14-15,18,28-29H,10,13H2,1-3H3,(H,27,30). The van der Waals surface area contributed by atoms with Crippen LogP contribution in [0.3, 0.4) is 0 Å². The number of hydrogen-bond acceptors (Lipinski definition) is 5. The molecule has 32 heavy (non-hydrogen) atoms. The van der Waals surface area contributed by atoms with E-state index in [-0.39, 0.29) is 17.6 Å². The molecule has 0 spiro atoms. The third kappa shape index (κ3) is 5.90. The lowest BCUT2D eigenvalue weighted by atomic mass is 9.85. The van der Waals surface area contributed by atoms with Crippen LogP contribution in [0.15, 0.2) is 65.6 Å². The van der Waals surface area contributed by atoms with Gasteiger partial charge in [-0.1, -0.05) is 47.5 Å². The Morgan fingerprint density at radius 2 is 1.91 bits per heavy atom. The van der Waals surface area contributed by atoms with E-state index < -0.39 is 0 Å². The molecule has 3 aromatic rings. The second-order valence-corrected chi connectivity index (χ2v) is 8.70. The van der Waals surface area contributed by atoms with E-state index in [4.69, 9.17) is 16.3 Å². The van der Waals surface area contributed by atoms with Gasteiger partial charge in [0.1, 0.15) is 0 Å². The topological polar surface area (TPSA) is 70.6 Å². The summed E-state index contributed by atoms with van der Waals surface area (Å²) >= 11 is 7.96. The van der Waals surface area contributed by atoms with Gasteiger partial charge in [0.15, 0.2) is 11.5 Å². The minimum Gasteiger partial charge on any atom is -0.504 e. The molecule has 1 unspecified atom stereocenters. The van der Waals surface area contributed by atoms with Gasteiger partial charge in [-0.2, -0.15) is 0 Å². The lowest BCUT2D eigenvalue weighted by Gasteiger charge is -2.23. The maximum absolute atomic E-state index is 12.0. The van der Waals surface area contributed by atoms with Crippen molar-refractivity contribution in [1.29, 1.82) is 0 Å². The first-order valence-corrected chi connectivity index (χ1v) is 11.5. The molecule has 0 aromatic heterocycles. The molecule has 5 nitrogen and oxygen atoms in total. The summed E-state index contributed by atoms with van der Waals surface area (Å²) in [5.41, 5.74) is 4.10. The smallest absolute Gasteiger partial charge is 0.219 e. The van der Waals surface area contributed by atoms with E-state index in [1.807, 2.05) is 49.4 Å². The van der Waals surface area contributed by atoms with Gasteiger partial charge in [0.05, 0.1) is 7.11 Å². The van der Waals surface area contributed by atoms with E-state index in [0.29, 0.717) is 23.6 Å². The fourth-order valence-electron chi connectivity index (χ4n) is 3.55. The molecule has 0 fully saturated rings. The number of hydrogen-bond donors (Lipinski definition) is 3. The number of anilines is 1. The molecular weight excluding hydrogens is 444 g/mol. The molecule has 1 atom stereocenters. The molecule has 3 aromatic carbocycles. The number of amides is 1. The monoisotopic (exact) mass is 470 g/mol. The van der Waals surface area contributed by atoms with Crippen molar-refractivity contribution in [3.63, 3.8) is 0 Å². The molecule has 0 heterocycles. The SMILES string of the molecule is CNC(=O)CCC(c1ccccc1Cl)c1cc(C)ccc1NSc1ccc(OC)c(O)c1. The average Bonchev–Trinajstić information content (AvgIpc) is 2.79. The molecule has 3 N–H and O–H groups in total. The van der Waals surface area contributed by atoms with Crippen LogP contribution in [0, 0.1) is 6.92 Å². The molecular formula is C25H27ClN2O3S. The summed E-state index contributed by atoms with van der Waals surface area (Å²) in [6.07, 6.45) is 1.01. The fourth-order valence-corrected chi connectivity index (χ4v) is 4.54. The van der Waals surface area contributed by atoms with E-state index >= 15 is 0 Å². The molecule has 0 aliphatic carbocycles. The van der Waals surface area contributed by atoms with Crippen LogP contribution in [0.25, 0.3) is 0 Å². The first-order valence-electron chi connectivity index (χ1n) is 10.3. The van der Waals surface area contributed by atoms with Gasteiger partial charge in [0.25, 0.3) is 0 Å². The number of halogens is 1. The number of carbonyl (C=O) groups is 1. The second kappa shape index (κ2) is 11.2. The molecule has 0 aliphatic rings. The first kappa shape index (κ1) is 23.8. The van der Waals surface area contributed by atoms with Crippen molar-refractivity contribution in [2.45, 2.75) is 30.6 Å². The zero-order valence-electron chi connectivity index (χ0n) is 18.3. The normalized spacial score (nSPS) is 11.6. The molecule has 7 heteroatoms. The summed E-state index contributed by atoms with van der Waals surface area (Å²) < 4.78 is 8.53. The third-order valence-electron chi connectivity index (χ3n) is 5.23. The van der Waals surface area contributed by atoms with Gasteiger partial charge < -0.3 is 19.9 Å². The number of nitrogens with one attached hydrogen (secondary N) is 2. The number of benzene rings is 3. The Balaban J connectivity index is 1.94. The quantitative estimate of drug-likeness (QED) is 0.328. The van der Waals surface area contributed by atoms with Gasteiger partial charge in [0.2, 0.25) is 5.91 Å². The maximum atomic E-state index is 12.0. The number of carbonyl (C=O) groups excluding carboxylic acids is 1. The molecule has 0 saturated carbocycles. The zero-order chi connectivity index (χ0) is 23.1. The molecule has 0 aliphatic heterocycles. The van der Waals surface area contributed by atoms with Crippen molar-refractivity contribution in [1.82, 2.24) is 5.32 Å². The predicted octanol–water partition coefficient (Wildman–Crippen LogP) is 6.14. The van der Waals surface area contributed by atoms with Gasteiger partial charge in [-0.15, -0.1) is 0 Å². The first-order chi connectivity index (χ1) is 15.4. The molecule has 3 rings (SSSR count). The summed E-state index contributed by atoms with van der Waals surface area (Å²) in [7, 11) is 3.17. The van der Waals surface area contributed by atoms with Gasteiger partial charge in [-0.05, 0) is 66.8 Å². The summed E-state index contributed by atoms with van der Waals surface area (Å²) in [4.78, 5) is 12.9. The average molecular weight is 471 g/mol. The summed E-state index contributed by atoms with van der Waals surface area (Å²) in [5.74, 6) is 0.446. The maximum Gasteiger partial charge on any atom is 0.219 e. The largest absolute Gasteiger partial charge is 0.504 e. The van der Waals surface area contributed by atoms with Crippen LogP contribution in [0.5, 0.6) is 11.5 Å². The Hall–Kier alpha value is -2.83. The third-order valence-corrected chi connectivity index (χ3v) is 6.39. The molecule has 0 radical (unpaired) electrons. The fraction of sp³-hybridized carbons (Fsp3) is 0.240. The summed E-state index contributed by atoms with van der Waals surface area (Å²) in [6, 6.07) is 19.2. The van der Waals surface area contributed by atoms with Crippen LogP contribution in [-0.2, 0) is 4.79 Å². The number of phenols is 1. The number of rotatable bonds is 9. The highest BCUT2D eigenvalue weighted by Crippen LogP contribution is 2.39. The van der Waals surface area contributed by atoms with E-state index in [9.17, 15) is 9.90 Å². The van der Waals surface area contributed by atoms with Crippen LogP contribution < -0.4 is 14.8 Å². The Labute approximate surface area is 198 Å². The van der Waals surface area contributed by atoms with E-state index in [2.05, 4.69) is 16.1 Å². The van der Waals surface area contributed by atoms with Crippen molar-refractivity contribution < 1.29 is 14.6 Å². The van der Waals surface area contributed by atoms with Crippen LogP contribution in [0.2, 0.25) is 5.02 Å². The van der Waals surface area contributed by atoms with Gasteiger partial charge in [-0.3, -0.25) is 4.79 Å². The zero-order valence-corrected chi connectivity index (χ0v) is 19.9. The van der Waals surface area contributed by atoms with Gasteiger partial charge >= 0.3 is 0 Å². The van der Waals surface area contributed by atoms with Crippen molar-refractivity contribution in [2.75, 3.05) is 18.9 Å². The minimum atomic E-state index is -0.0618. The van der Waals surface area contributed by atoms with E-state index in [1.165, 1.54) is 19.1 Å². The van der Waals surface area contributed by atoms with Crippen molar-refractivity contribution in [3.05, 3.63) is 82.4 Å². The van der Waals surface area contributed by atoms with Gasteiger partial charge in [0, 0.05) is 35.0 Å². The number of ether oxygens (including phenoxy) is 1. The predicted molar refractivity (Wildman–Crippen MR) is 132 cm³/mol. The van der Waals surface area contributed by atoms with Crippen LogP contribution in [0.1, 0.15) is 35.4 Å². The number of methoxy groups -OCH3 is 1. The van der Waals surface area contributed by atoms with E-state index in [1.54, 1.807) is 19.2 Å². The van der Waals surface area contributed by atoms with Gasteiger partial charge in [-0.25, -0.2) is 0 Å².